The number of aliphatic imine (C=N–C) groups is 1. The standard InChI is InChI=1S/C9H19N3O.C8H18N4O.2C8H17N3O.2C8H18N2O.2C8H17NO.2C7H15NO/c1-6(2)9(13)8(11)4-5-12-7(3)10;1-5(2)7(13)6(9)3-4-12-8(10)11;2*1-5(2)8(12)7(10)4-11-6(3)9;2*1-6(2)8(11)7(10)4-3-5-9;2*1-6(2)8(10)7(3)4-5-9;2*1-5(2)7(9)6(3)4-8/h6,8,12H,3-5,10-11H2,1-2H3;5-6H,3-4,9H2,1-2H3,(H4,10,11,12);2*5,7,11H,3-4,9-10H2,1-2H3;2*6-7H,3-5,9-10H2,1-2H3;2*6-7H,4-5,9H2,1-3H3;2*5-6H,4,8H2,1-3H3/t8-;6-;6*7-;2*6-/m1010101010/s1. The van der Waals surface area contributed by atoms with Gasteiger partial charge in [0.05, 0.1) is 53.7 Å². The Morgan fingerprint density at radius 2 is 0.482 bits per heavy atom. The largest absolute Gasteiger partial charge is 0.386 e. The summed E-state index contributed by atoms with van der Waals surface area (Å²) in [7, 11) is 0. The van der Waals surface area contributed by atoms with Crippen LogP contribution in [0, 0.1) is 82.9 Å². The summed E-state index contributed by atoms with van der Waals surface area (Å²) in [5.74, 6) is 3.65. The van der Waals surface area contributed by atoms with Gasteiger partial charge in [-0.15, -0.1) is 0 Å². The highest BCUT2D eigenvalue weighted by Crippen LogP contribution is 2.11. The third kappa shape index (κ3) is 79.6. The Balaban J connectivity index is -0.000000127. The van der Waals surface area contributed by atoms with E-state index >= 15 is 0 Å². The van der Waals surface area contributed by atoms with Crippen molar-refractivity contribution in [1.82, 2.24) is 16.0 Å². The van der Waals surface area contributed by atoms with Crippen LogP contribution >= 0.6 is 0 Å². The molecule has 0 aromatic carbocycles. The third-order valence-electron chi connectivity index (χ3n) is 15.8. The van der Waals surface area contributed by atoms with Crippen molar-refractivity contribution in [2.75, 3.05) is 65.4 Å². The van der Waals surface area contributed by atoms with Crippen LogP contribution in [0.25, 0.3) is 0 Å². The van der Waals surface area contributed by atoms with Gasteiger partial charge in [-0.3, -0.25) is 52.9 Å². The lowest BCUT2D eigenvalue weighted by Crippen LogP contribution is -2.42. The van der Waals surface area contributed by atoms with Crippen molar-refractivity contribution in [3.05, 3.63) is 37.2 Å². The number of rotatable bonds is 45. The van der Waals surface area contributed by atoms with E-state index in [0.29, 0.717) is 120 Å². The van der Waals surface area contributed by atoms with Crippen LogP contribution in [0.2, 0.25) is 0 Å². The van der Waals surface area contributed by atoms with E-state index in [4.69, 9.17) is 97.5 Å². The molecule has 0 aromatic heterocycles. The second-order valence-electron chi connectivity index (χ2n) is 30.4. The van der Waals surface area contributed by atoms with E-state index in [1.807, 2.05) is 166 Å². The van der Waals surface area contributed by atoms with Crippen molar-refractivity contribution in [2.24, 2.45) is 185 Å². The normalized spacial score (nSPS) is 13.2. The number of ketones is 10. The number of nitrogens with two attached hydrogens (primary N) is 17. The van der Waals surface area contributed by atoms with Crippen LogP contribution in [-0.2, 0) is 47.9 Å². The first-order valence-electron chi connectivity index (χ1n) is 39.1. The first-order chi connectivity index (χ1) is 50.3. The van der Waals surface area contributed by atoms with Crippen LogP contribution < -0.4 is 113 Å². The van der Waals surface area contributed by atoms with Crippen molar-refractivity contribution in [1.29, 1.82) is 0 Å². The zero-order chi connectivity index (χ0) is 89.2. The monoisotopic (exact) mass is 1570 g/mol. The van der Waals surface area contributed by atoms with Crippen molar-refractivity contribution >= 4 is 63.8 Å². The zero-order valence-corrected chi connectivity index (χ0v) is 73.2. The molecule has 0 bridgehead atoms. The molecule has 31 nitrogen and oxygen atoms in total. The van der Waals surface area contributed by atoms with Gasteiger partial charge in [0.2, 0.25) is 0 Å². The molecule has 0 spiro atoms. The number of carbonyl (C=O) groups is 10. The van der Waals surface area contributed by atoms with Crippen LogP contribution in [0.15, 0.2) is 42.2 Å². The molecular weight excluding hydrogens is 1400 g/mol. The minimum absolute atomic E-state index is 0.00363. The van der Waals surface area contributed by atoms with Gasteiger partial charge in [-0.1, -0.05) is 186 Å². The summed E-state index contributed by atoms with van der Waals surface area (Å²) < 4.78 is 0. The summed E-state index contributed by atoms with van der Waals surface area (Å²) >= 11 is 0. The van der Waals surface area contributed by atoms with Gasteiger partial charge >= 0.3 is 0 Å². The minimum Gasteiger partial charge on any atom is -0.386 e. The Morgan fingerprint density at radius 3 is 0.664 bits per heavy atom. The Kier molecular flexibility index (Phi) is 86.5. The summed E-state index contributed by atoms with van der Waals surface area (Å²) in [6.45, 7) is 60.4. The van der Waals surface area contributed by atoms with E-state index in [9.17, 15) is 47.9 Å². The van der Waals surface area contributed by atoms with Gasteiger partial charge < -0.3 is 113 Å². The molecule has 0 fully saturated rings. The van der Waals surface area contributed by atoms with Crippen molar-refractivity contribution < 1.29 is 47.9 Å². The molecule has 0 saturated heterocycles. The molecule has 0 saturated carbocycles. The molecule has 110 heavy (non-hydrogen) atoms. The summed E-state index contributed by atoms with van der Waals surface area (Å²) in [5.41, 5.74) is 91.3. The maximum Gasteiger partial charge on any atom is 0.185 e. The minimum atomic E-state index is -0.495. The molecule has 10 atom stereocenters. The number of Topliss-reactive ketones (excluding diaryl/α,β-unsaturated/α-hetero) is 10. The van der Waals surface area contributed by atoms with Crippen molar-refractivity contribution in [3.8, 4) is 0 Å². The quantitative estimate of drug-likeness (QED) is 0.0308. The van der Waals surface area contributed by atoms with E-state index in [1.165, 1.54) is 0 Å². The van der Waals surface area contributed by atoms with Gasteiger partial charge in [-0.2, -0.15) is 0 Å². The van der Waals surface area contributed by atoms with E-state index in [0.717, 1.165) is 25.7 Å². The molecular formula is C79H171N21O10. The van der Waals surface area contributed by atoms with Crippen molar-refractivity contribution in [3.63, 3.8) is 0 Å². The third-order valence-corrected chi connectivity index (χ3v) is 15.8. The van der Waals surface area contributed by atoms with Gasteiger partial charge in [-0.25, -0.2) is 0 Å². The van der Waals surface area contributed by atoms with E-state index in [2.05, 4.69) is 40.7 Å². The molecule has 0 rings (SSSR count). The number of carbonyl (C=O) groups excluding carboxylic acids is 10. The molecule has 37 N–H and O–H groups in total. The molecule has 0 heterocycles. The SMILES string of the molecule is C=C(N)NCC[C@@H](N)C(=O)C(C)C.C=C(N)NC[C@@H](N)C(=O)C(C)C.C=C(N)NC[C@H](N)C(=O)C(C)C.CC(C)C(=O)[C@@H](C)CCN.CC(C)C(=O)[C@@H](C)CN.CC(C)C(=O)[C@@H](N)CCCN.CC(C)C(=O)[C@@H](N)CCN=C(N)N.CC(C)C(=O)[C@H](C)CCN.CC(C)C(=O)[C@H](C)CN.CC(C)C(=O)[C@H](N)CCCN. The second-order valence-corrected chi connectivity index (χ2v) is 30.4. The highest BCUT2D eigenvalue weighted by molar-refractivity contribution is 5.88. The highest BCUT2D eigenvalue weighted by Gasteiger charge is 2.22. The number of hydrogen-bond acceptors (Lipinski definition) is 29. The lowest BCUT2D eigenvalue weighted by atomic mass is 9.94. The Hall–Kier alpha value is -6.49. The molecule has 0 radical (unpaired) electrons. The predicted molar refractivity (Wildman–Crippen MR) is 459 cm³/mol. The average Bonchev–Trinajstić information content (AvgIpc) is 0.927. The Labute approximate surface area is 666 Å². The fourth-order valence-electron chi connectivity index (χ4n) is 8.51. The van der Waals surface area contributed by atoms with Crippen LogP contribution in [-0.4, -0.2) is 165 Å². The second kappa shape index (κ2) is 76.5. The lowest BCUT2D eigenvalue weighted by Gasteiger charge is -2.13. The molecule has 0 aliphatic carbocycles. The number of nitrogens with one attached hydrogen (secondary N) is 3. The summed E-state index contributed by atoms with van der Waals surface area (Å²) in [6, 6.07) is -2.46. The molecule has 31 heteroatoms. The lowest BCUT2D eigenvalue weighted by molar-refractivity contribution is -0.126. The fourth-order valence-corrected chi connectivity index (χ4v) is 8.51. The molecule has 0 aromatic rings. The topological polar surface area (TPSA) is 661 Å². The first-order valence-corrected chi connectivity index (χ1v) is 39.1. The Morgan fingerprint density at radius 1 is 0.273 bits per heavy atom. The number of nitrogens with zero attached hydrogens (tertiary/aromatic N) is 1. The van der Waals surface area contributed by atoms with E-state index in [-0.39, 0.29) is 147 Å². The number of hydrogen-bond donors (Lipinski definition) is 20. The van der Waals surface area contributed by atoms with Crippen LogP contribution in [0.1, 0.15) is 218 Å². The molecule has 0 aliphatic rings. The zero-order valence-electron chi connectivity index (χ0n) is 73.2. The van der Waals surface area contributed by atoms with Gasteiger partial charge in [0.1, 0.15) is 23.1 Å². The van der Waals surface area contributed by atoms with E-state index < -0.39 is 24.2 Å². The van der Waals surface area contributed by atoms with E-state index in [1.54, 1.807) is 0 Å². The predicted octanol–water partition coefficient (Wildman–Crippen LogP) is 2.83. The van der Waals surface area contributed by atoms with Gasteiger partial charge in [0.15, 0.2) is 40.7 Å². The molecule has 0 unspecified atom stereocenters. The van der Waals surface area contributed by atoms with Crippen LogP contribution in [0.4, 0.5) is 0 Å². The molecule has 0 aliphatic heterocycles. The first kappa shape index (κ1) is 124. The van der Waals surface area contributed by atoms with Gasteiger partial charge in [-0.05, 0) is 77.5 Å². The summed E-state index contributed by atoms with van der Waals surface area (Å²) in [4.78, 5) is 115. The highest BCUT2D eigenvalue weighted by atomic mass is 16.2. The fraction of sp³-hybridized carbons (Fsp3) is 0.785. The summed E-state index contributed by atoms with van der Waals surface area (Å²) in [5, 5.41) is 8.26. The maximum absolute atomic E-state index is 11.3. The smallest absolute Gasteiger partial charge is 0.185 e. The average molecular weight is 1580 g/mol. The number of guanidine groups is 1. The molecule has 0 amide bonds. The van der Waals surface area contributed by atoms with Gasteiger partial charge in [0, 0.05) is 122 Å². The Bertz CT molecular complexity index is 2380. The van der Waals surface area contributed by atoms with Crippen LogP contribution in [0.3, 0.4) is 0 Å². The molecule has 652 valence electrons. The van der Waals surface area contributed by atoms with Crippen molar-refractivity contribution in [2.45, 2.75) is 254 Å². The maximum atomic E-state index is 11.3. The van der Waals surface area contributed by atoms with Crippen LogP contribution in [0.5, 0.6) is 0 Å². The summed E-state index contributed by atoms with van der Waals surface area (Å²) in [6.07, 6.45) is 5.82. The van der Waals surface area contributed by atoms with Gasteiger partial charge in [0.25, 0.3) is 0 Å².